The van der Waals surface area contributed by atoms with Crippen molar-refractivity contribution in [1.82, 2.24) is 10.2 Å². The van der Waals surface area contributed by atoms with E-state index in [9.17, 15) is 4.79 Å². The predicted molar refractivity (Wildman–Crippen MR) is 50.0 cm³/mol. The normalized spacial score (nSPS) is 15.6. The van der Waals surface area contributed by atoms with Crippen LogP contribution in [0.4, 0.5) is 5.69 Å². The Kier molecular flexibility index (Phi) is 2.22. The number of amides is 1. The third-order valence-corrected chi connectivity index (χ3v) is 2.44. The zero-order valence-electron chi connectivity index (χ0n) is 7.09. The lowest BCUT2D eigenvalue weighted by Crippen LogP contribution is -2.35. The van der Waals surface area contributed by atoms with Crippen molar-refractivity contribution in [1.29, 1.82) is 0 Å². The van der Waals surface area contributed by atoms with E-state index in [0.717, 1.165) is 30.8 Å². The number of H-pyrrole nitrogens is 1. The number of nitrogens with zero attached hydrogens (tertiary/aromatic N) is 2. The van der Waals surface area contributed by atoms with E-state index >= 15 is 0 Å². The fourth-order valence-electron chi connectivity index (χ4n) is 1.59. The fraction of sp³-hybridized carbons (Fsp3) is 0.500. The predicted octanol–water partition coefficient (Wildman–Crippen LogP) is 0.928. The van der Waals surface area contributed by atoms with Crippen LogP contribution >= 0.6 is 11.6 Å². The van der Waals surface area contributed by atoms with Crippen molar-refractivity contribution in [2.45, 2.75) is 12.8 Å². The van der Waals surface area contributed by atoms with Gasteiger partial charge in [0.2, 0.25) is 5.91 Å². The zero-order chi connectivity index (χ0) is 9.26. The van der Waals surface area contributed by atoms with Gasteiger partial charge in [-0.15, -0.1) is 11.6 Å². The van der Waals surface area contributed by atoms with Gasteiger partial charge < -0.3 is 4.90 Å². The molecule has 1 aliphatic rings. The Morgan fingerprint density at radius 3 is 3.38 bits per heavy atom. The second kappa shape index (κ2) is 3.38. The van der Waals surface area contributed by atoms with E-state index in [1.165, 1.54) is 0 Å². The zero-order valence-corrected chi connectivity index (χ0v) is 7.84. The number of aryl methyl sites for hydroxylation is 1. The van der Waals surface area contributed by atoms with Crippen molar-refractivity contribution in [2.24, 2.45) is 0 Å². The molecule has 0 unspecified atom stereocenters. The molecule has 0 aromatic carbocycles. The number of carbonyl (C=O) groups is 1. The largest absolute Gasteiger partial charge is 0.308 e. The van der Waals surface area contributed by atoms with Gasteiger partial charge in [-0.05, 0) is 12.8 Å². The lowest BCUT2D eigenvalue weighted by Gasteiger charge is -2.25. The summed E-state index contributed by atoms with van der Waals surface area (Å²) in [5.41, 5.74) is 1.92. The Hall–Kier alpha value is -1.03. The summed E-state index contributed by atoms with van der Waals surface area (Å²) in [6.07, 6.45) is 3.61. The second-order valence-electron chi connectivity index (χ2n) is 3.02. The minimum atomic E-state index is -0.0518. The number of aromatic amines is 1. The van der Waals surface area contributed by atoms with Gasteiger partial charge in [-0.2, -0.15) is 5.10 Å². The molecular formula is C8H10ClN3O. The molecule has 0 bridgehead atoms. The molecule has 1 amide bonds. The molecule has 13 heavy (non-hydrogen) atoms. The van der Waals surface area contributed by atoms with E-state index in [1.54, 1.807) is 11.1 Å². The number of alkyl halides is 1. The van der Waals surface area contributed by atoms with Crippen LogP contribution in [0.5, 0.6) is 0 Å². The average molecular weight is 200 g/mol. The standard InChI is InChI=1S/C8H10ClN3O/c9-4-8(13)12-3-1-2-6-7(12)5-10-11-6/h5H,1-4H2,(H,10,11). The van der Waals surface area contributed by atoms with Crippen LogP contribution < -0.4 is 4.90 Å². The molecule has 70 valence electrons. The summed E-state index contributed by atoms with van der Waals surface area (Å²) in [5, 5.41) is 6.79. The van der Waals surface area contributed by atoms with Gasteiger partial charge in [0, 0.05) is 6.54 Å². The van der Waals surface area contributed by atoms with Crippen molar-refractivity contribution in [3.63, 3.8) is 0 Å². The summed E-state index contributed by atoms with van der Waals surface area (Å²) in [7, 11) is 0. The Morgan fingerprint density at radius 1 is 1.77 bits per heavy atom. The summed E-state index contributed by atoms with van der Waals surface area (Å²) in [5.74, 6) is -0.0195. The minimum Gasteiger partial charge on any atom is -0.308 e. The first-order valence-corrected chi connectivity index (χ1v) is 4.75. The summed E-state index contributed by atoms with van der Waals surface area (Å²) in [4.78, 5) is 13.1. The van der Waals surface area contributed by atoms with Crippen LogP contribution in [0.15, 0.2) is 6.20 Å². The van der Waals surface area contributed by atoms with Gasteiger partial charge in [0.1, 0.15) is 5.88 Å². The number of carbonyl (C=O) groups excluding carboxylic acids is 1. The first-order chi connectivity index (χ1) is 6.33. The molecule has 0 saturated carbocycles. The lowest BCUT2D eigenvalue weighted by molar-refractivity contribution is -0.116. The molecule has 0 fully saturated rings. The number of hydrogen-bond donors (Lipinski definition) is 1. The highest BCUT2D eigenvalue weighted by Crippen LogP contribution is 2.24. The molecule has 0 atom stereocenters. The van der Waals surface area contributed by atoms with Gasteiger partial charge in [0.05, 0.1) is 17.6 Å². The Bertz CT molecular complexity index is 323. The highest BCUT2D eigenvalue weighted by atomic mass is 35.5. The summed E-state index contributed by atoms with van der Waals surface area (Å²) < 4.78 is 0. The van der Waals surface area contributed by atoms with Gasteiger partial charge in [-0.3, -0.25) is 9.89 Å². The molecule has 0 aliphatic carbocycles. The summed E-state index contributed by atoms with van der Waals surface area (Å²) in [6.45, 7) is 0.748. The molecule has 1 aromatic rings. The van der Waals surface area contributed by atoms with Crippen LogP contribution in [0, 0.1) is 0 Å². The van der Waals surface area contributed by atoms with Crippen LogP contribution in [0.25, 0.3) is 0 Å². The van der Waals surface area contributed by atoms with Crippen molar-refractivity contribution in [2.75, 3.05) is 17.3 Å². The van der Waals surface area contributed by atoms with Crippen molar-refractivity contribution >= 4 is 23.2 Å². The molecule has 2 heterocycles. The van der Waals surface area contributed by atoms with Crippen molar-refractivity contribution in [3.05, 3.63) is 11.9 Å². The molecule has 0 spiro atoms. The van der Waals surface area contributed by atoms with Crippen LogP contribution in [0.1, 0.15) is 12.1 Å². The maximum Gasteiger partial charge on any atom is 0.242 e. The summed E-state index contributed by atoms with van der Waals surface area (Å²) in [6, 6.07) is 0. The second-order valence-corrected chi connectivity index (χ2v) is 3.28. The maximum atomic E-state index is 11.4. The van der Waals surface area contributed by atoms with Crippen molar-refractivity contribution < 1.29 is 4.79 Å². The monoisotopic (exact) mass is 199 g/mol. The summed E-state index contributed by atoms with van der Waals surface area (Å²) >= 11 is 5.50. The average Bonchev–Trinajstić information content (AvgIpc) is 2.63. The number of anilines is 1. The molecule has 0 saturated heterocycles. The third kappa shape index (κ3) is 1.42. The van der Waals surface area contributed by atoms with E-state index in [-0.39, 0.29) is 11.8 Å². The molecule has 4 nitrogen and oxygen atoms in total. The molecule has 0 radical (unpaired) electrons. The first kappa shape index (κ1) is 8.56. The Balaban J connectivity index is 2.30. The van der Waals surface area contributed by atoms with E-state index < -0.39 is 0 Å². The quantitative estimate of drug-likeness (QED) is 0.684. The fourth-order valence-corrected chi connectivity index (χ4v) is 1.73. The van der Waals surface area contributed by atoms with Crippen LogP contribution in [-0.2, 0) is 11.2 Å². The van der Waals surface area contributed by atoms with Gasteiger partial charge in [0.15, 0.2) is 0 Å². The van der Waals surface area contributed by atoms with Crippen LogP contribution in [0.3, 0.4) is 0 Å². The highest BCUT2D eigenvalue weighted by Gasteiger charge is 2.22. The van der Waals surface area contributed by atoms with Gasteiger partial charge in [0.25, 0.3) is 0 Å². The van der Waals surface area contributed by atoms with E-state index in [0.29, 0.717) is 0 Å². The number of aromatic nitrogens is 2. The molecule has 1 aromatic heterocycles. The molecular weight excluding hydrogens is 190 g/mol. The maximum absolute atomic E-state index is 11.4. The van der Waals surface area contributed by atoms with Gasteiger partial charge in [-0.25, -0.2) is 0 Å². The van der Waals surface area contributed by atoms with Gasteiger partial charge in [-0.1, -0.05) is 0 Å². The Labute approximate surface area is 80.9 Å². The number of hydrogen-bond acceptors (Lipinski definition) is 2. The van der Waals surface area contributed by atoms with E-state index in [2.05, 4.69) is 10.2 Å². The topological polar surface area (TPSA) is 49.0 Å². The lowest BCUT2D eigenvalue weighted by atomic mass is 10.1. The molecule has 1 N–H and O–H groups in total. The van der Waals surface area contributed by atoms with Crippen LogP contribution in [-0.4, -0.2) is 28.5 Å². The van der Waals surface area contributed by atoms with E-state index in [4.69, 9.17) is 11.6 Å². The number of fused-ring (bicyclic) bond motifs is 1. The number of nitrogens with one attached hydrogen (secondary N) is 1. The Morgan fingerprint density at radius 2 is 2.62 bits per heavy atom. The van der Waals surface area contributed by atoms with E-state index in [1.807, 2.05) is 0 Å². The third-order valence-electron chi connectivity index (χ3n) is 2.21. The first-order valence-electron chi connectivity index (χ1n) is 4.21. The smallest absolute Gasteiger partial charge is 0.242 e. The highest BCUT2D eigenvalue weighted by molar-refractivity contribution is 6.29. The number of rotatable bonds is 1. The van der Waals surface area contributed by atoms with Crippen molar-refractivity contribution in [3.8, 4) is 0 Å². The minimum absolute atomic E-state index is 0.0324. The molecule has 5 heteroatoms. The van der Waals surface area contributed by atoms with Crippen LogP contribution in [0.2, 0.25) is 0 Å². The molecule has 2 rings (SSSR count). The van der Waals surface area contributed by atoms with Gasteiger partial charge >= 0.3 is 0 Å². The molecule has 1 aliphatic heterocycles. The SMILES string of the molecule is O=C(CCl)N1CCCc2[nH]ncc21. The number of halogens is 1.